The van der Waals surface area contributed by atoms with Crippen LogP contribution in [0.25, 0.3) is 22.6 Å². The van der Waals surface area contributed by atoms with Crippen molar-refractivity contribution in [3.05, 3.63) is 88.3 Å². The first kappa shape index (κ1) is 27.9. The lowest BCUT2D eigenvalue weighted by molar-refractivity contribution is -0.143. The van der Waals surface area contributed by atoms with E-state index in [0.717, 1.165) is 56.7 Å². The van der Waals surface area contributed by atoms with E-state index in [1.54, 1.807) is 12.5 Å². The second-order valence-electron chi connectivity index (χ2n) is 11.2. The van der Waals surface area contributed by atoms with Gasteiger partial charge in [0.2, 0.25) is 5.88 Å². The van der Waals surface area contributed by atoms with Gasteiger partial charge in [-0.25, -0.2) is 4.98 Å². The Hall–Kier alpha value is -3.92. The van der Waals surface area contributed by atoms with Crippen LogP contribution in [-0.2, 0) is 40.4 Å². The van der Waals surface area contributed by atoms with E-state index in [4.69, 9.17) is 35.2 Å². The van der Waals surface area contributed by atoms with Crippen molar-refractivity contribution in [2.75, 3.05) is 26.8 Å². The van der Waals surface area contributed by atoms with Crippen molar-refractivity contribution in [3.63, 3.8) is 0 Å². The molecule has 0 spiro atoms. The number of methoxy groups -OCH3 is 1. The summed E-state index contributed by atoms with van der Waals surface area (Å²) < 4.78 is 24.8. The zero-order valence-corrected chi connectivity index (χ0v) is 24.8. The van der Waals surface area contributed by atoms with Crippen LogP contribution in [0, 0.1) is 5.92 Å². The Balaban J connectivity index is 1.03. The molecule has 9 nitrogen and oxygen atoms in total. The van der Waals surface area contributed by atoms with Crippen molar-refractivity contribution in [2.45, 2.75) is 45.1 Å². The quantitative estimate of drug-likeness (QED) is 0.226. The monoisotopic (exact) mass is 600 g/mol. The van der Waals surface area contributed by atoms with Crippen LogP contribution in [0.4, 0.5) is 0 Å². The molecule has 0 amide bonds. The minimum atomic E-state index is -0.248. The van der Waals surface area contributed by atoms with Gasteiger partial charge in [0.25, 0.3) is 0 Å². The van der Waals surface area contributed by atoms with Gasteiger partial charge in [-0.15, -0.1) is 0 Å². The fourth-order valence-corrected chi connectivity index (χ4v) is 6.26. The topological polar surface area (TPSA) is 91.9 Å². The minimum Gasteiger partial charge on any atom is -0.471 e. The number of fused-ring (bicyclic) bond motifs is 2. The van der Waals surface area contributed by atoms with Gasteiger partial charge in [0.1, 0.15) is 12.3 Å². The Bertz CT molecular complexity index is 1720. The predicted molar refractivity (Wildman–Crippen MR) is 162 cm³/mol. The first-order valence-electron chi connectivity index (χ1n) is 14.7. The number of furan rings is 1. The number of carbonyl (C=O) groups excluding carboxylic acids is 1. The molecule has 6 heterocycles. The average molecular weight is 601 g/mol. The van der Waals surface area contributed by atoms with E-state index in [1.807, 2.05) is 30.3 Å². The fraction of sp³-hybridized carbons (Fsp3) is 0.364. The summed E-state index contributed by atoms with van der Waals surface area (Å²) in [7, 11) is 1.45. The highest BCUT2D eigenvalue weighted by molar-refractivity contribution is 6.35. The molecular weight excluding hydrogens is 568 g/mol. The van der Waals surface area contributed by atoms with Gasteiger partial charge < -0.3 is 23.2 Å². The summed E-state index contributed by atoms with van der Waals surface area (Å²) in [6.07, 6.45) is 12.3. The lowest BCUT2D eigenvalue weighted by Crippen LogP contribution is -2.34. The summed E-state index contributed by atoms with van der Waals surface area (Å²) in [5.41, 5.74) is 7.07. The number of pyridine rings is 2. The third kappa shape index (κ3) is 5.72. The van der Waals surface area contributed by atoms with Gasteiger partial charge in [0.15, 0.2) is 5.58 Å². The van der Waals surface area contributed by atoms with Crippen LogP contribution in [0.3, 0.4) is 0 Å². The standard InChI is InChI=1S/C33H33ClN4O5/c1-40-33(39)23-6-5-22-15-24(38(30(22)16-23)19-25-9-13-41-25)18-37-11-7-21(8-12-37)28-3-2-4-31(36-28)43-20-29-32-26(10-14-42-32)27(34)17-35-29/h2-7,10,14-15,17,23,25H,8-9,11-13,16,18-20H2,1H3/t23?,25-/m0/s1. The normalized spacial score (nSPS) is 20.0. The SMILES string of the molecule is COC(=O)C1C=Cc2cc(CN3CC=C(c4cccc(OCc5ncc(Cl)c6ccoc56)n4)CC3)n(C[C@@H]3CCO3)c2C1. The molecule has 222 valence electrons. The van der Waals surface area contributed by atoms with Crippen molar-refractivity contribution in [2.24, 2.45) is 5.92 Å². The average Bonchev–Trinajstić information content (AvgIpc) is 3.64. The summed E-state index contributed by atoms with van der Waals surface area (Å²) in [6, 6.07) is 9.95. The third-order valence-corrected chi connectivity index (χ3v) is 8.84. The Morgan fingerprint density at radius 2 is 2.16 bits per heavy atom. The number of hydrogen-bond acceptors (Lipinski definition) is 8. The number of carbonyl (C=O) groups is 1. The van der Waals surface area contributed by atoms with Crippen molar-refractivity contribution in [1.82, 2.24) is 19.4 Å². The number of hydrogen-bond donors (Lipinski definition) is 0. The molecule has 0 N–H and O–H groups in total. The van der Waals surface area contributed by atoms with E-state index in [2.05, 4.69) is 32.7 Å². The van der Waals surface area contributed by atoms with Crippen molar-refractivity contribution >= 4 is 40.2 Å². The van der Waals surface area contributed by atoms with Crippen molar-refractivity contribution in [1.29, 1.82) is 0 Å². The summed E-state index contributed by atoms with van der Waals surface area (Å²) >= 11 is 6.22. The molecule has 2 atom stereocenters. The van der Waals surface area contributed by atoms with Gasteiger partial charge in [0, 0.05) is 68.2 Å². The van der Waals surface area contributed by atoms with Gasteiger partial charge >= 0.3 is 5.97 Å². The maximum atomic E-state index is 12.3. The molecule has 1 saturated heterocycles. The van der Waals surface area contributed by atoms with Gasteiger partial charge in [-0.2, -0.15) is 0 Å². The Morgan fingerprint density at radius 1 is 1.26 bits per heavy atom. The number of halogens is 1. The zero-order chi connectivity index (χ0) is 29.3. The van der Waals surface area contributed by atoms with Crippen LogP contribution >= 0.6 is 11.6 Å². The van der Waals surface area contributed by atoms with E-state index >= 15 is 0 Å². The second-order valence-corrected chi connectivity index (χ2v) is 11.6. The van der Waals surface area contributed by atoms with Crippen molar-refractivity contribution < 1.29 is 23.4 Å². The molecule has 4 aromatic rings. The Labute approximate surface area is 254 Å². The van der Waals surface area contributed by atoms with Crippen LogP contribution in [0.1, 0.15) is 41.2 Å². The maximum absolute atomic E-state index is 12.3. The number of ether oxygens (including phenoxy) is 3. The smallest absolute Gasteiger partial charge is 0.312 e. The van der Waals surface area contributed by atoms with Gasteiger partial charge in [-0.1, -0.05) is 35.9 Å². The van der Waals surface area contributed by atoms with E-state index < -0.39 is 0 Å². The molecule has 1 aliphatic carbocycles. The lowest BCUT2D eigenvalue weighted by atomic mass is 9.94. The molecule has 1 unspecified atom stereocenters. The lowest BCUT2D eigenvalue weighted by Gasteiger charge is -2.31. The predicted octanol–water partition coefficient (Wildman–Crippen LogP) is 5.69. The summed E-state index contributed by atoms with van der Waals surface area (Å²) in [4.78, 5) is 23.9. The molecule has 0 aromatic carbocycles. The molecule has 1 fully saturated rings. The summed E-state index contributed by atoms with van der Waals surface area (Å²) in [5, 5.41) is 1.37. The summed E-state index contributed by atoms with van der Waals surface area (Å²) in [5.74, 6) is 0.101. The van der Waals surface area contributed by atoms with Gasteiger partial charge in [-0.3, -0.25) is 14.7 Å². The number of esters is 1. The first-order chi connectivity index (χ1) is 21.1. The van der Waals surface area contributed by atoms with E-state index in [9.17, 15) is 4.79 Å². The van der Waals surface area contributed by atoms with Crippen LogP contribution < -0.4 is 4.74 Å². The Morgan fingerprint density at radius 3 is 2.95 bits per heavy atom. The van der Waals surface area contributed by atoms with E-state index in [0.29, 0.717) is 28.6 Å². The largest absolute Gasteiger partial charge is 0.471 e. The molecule has 4 aromatic heterocycles. The maximum Gasteiger partial charge on any atom is 0.312 e. The van der Waals surface area contributed by atoms with Crippen LogP contribution in [0.5, 0.6) is 5.88 Å². The highest BCUT2D eigenvalue weighted by atomic mass is 35.5. The zero-order valence-electron chi connectivity index (χ0n) is 24.0. The third-order valence-electron chi connectivity index (χ3n) is 8.54. The highest BCUT2D eigenvalue weighted by Crippen LogP contribution is 2.31. The van der Waals surface area contributed by atoms with Gasteiger partial charge in [0.05, 0.1) is 36.1 Å². The number of aromatic nitrogens is 3. The first-order valence-corrected chi connectivity index (χ1v) is 15.0. The molecule has 2 aliphatic heterocycles. The minimum absolute atomic E-state index is 0.190. The molecule has 0 saturated carbocycles. The number of rotatable bonds is 9. The highest BCUT2D eigenvalue weighted by Gasteiger charge is 2.29. The fourth-order valence-electron chi connectivity index (χ4n) is 6.06. The second kappa shape index (κ2) is 12.0. The molecule has 3 aliphatic rings. The molecule has 43 heavy (non-hydrogen) atoms. The van der Waals surface area contributed by atoms with Crippen molar-refractivity contribution in [3.8, 4) is 5.88 Å². The molecule has 10 heteroatoms. The molecule has 0 radical (unpaired) electrons. The summed E-state index contributed by atoms with van der Waals surface area (Å²) in [6.45, 7) is 4.43. The number of nitrogens with zero attached hydrogens (tertiary/aromatic N) is 4. The Kier molecular flexibility index (Phi) is 7.78. The van der Waals surface area contributed by atoms with Crippen LogP contribution in [0.2, 0.25) is 5.02 Å². The molecular formula is C33H33ClN4O5. The van der Waals surface area contributed by atoms with Crippen LogP contribution in [-0.4, -0.2) is 58.3 Å². The van der Waals surface area contributed by atoms with E-state index in [-0.39, 0.29) is 24.6 Å². The molecule has 0 bridgehead atoms. The van der Waals surface area contributed by atoms with Crippen LogP contribution in [0.15, 0.2) is 59.4 Å². The van der Waals surface area contributed by atoms with E-state index in [1.165, 1.54) is 29.6 Å². The van der Waals surface area contributed by atoms with Gasteiger partial charge in [-0.05, 0) is 42.2 Å². The molecule has 7 rings (SSSR count).